The normalized spacial score (nSPS) is 10.1. The monoisotopic (exact) mass is 163 g/mol. The van der Waals surface area contributed by atoms with Gasteiger partial charge in [-0.2, -0.15) is 0 Å². The second-order valence-corrected chi connectivity index (χ2v) is 2.76. The molecule has 0 aliphatic rings. The molecule has 0 atom stereocenters. The summed E-state index contributed by atoms with van der Waals surface area (Å²) in [5, 5.41) is 0. The van der Waals surface area contributed by atoms with Crippen molar-refractivity contribution in [3.05, 3.63) is 0 Å². The van der Waals surface area contributed by atoms with Crippen molar-refractivity contribution in [1.29, 1.82) is 0 Å². The Morgan fingerprint density at radius 1 is 1.43 bits per heavy atom. The third-order valence-corrected chi connectivity index (χ3v) is 0.573. The molecule has 7 heavy (non-hydrogen) atoms. The van der Waals surface area contributed by atoms with Gasteiger partial charge in [0.1, 0.15) is 0 Å². The molecule has 0 rings (SSSR count). The van der Waals surface area contributed by atoms with Crippen molar-refractivity contribution in [2.75, 3.05) is 0 Å². The molecule has 0 fully saturated rings. The van der Waals surface area contributed by atoms with Crippen molar-refractivity contribution in [1.82, 2.24) is 0 Å². The van der Waals surface area contributed by atoms with Crippen LogP contribution in [0.5, 0.6) is 0 Å². The van der Waals surface area contributed by atoms with Crippen LogP contribution in [0.15, 0.2) is 4.99 Å². The molecular weight excluding hydrogens is 153 g/mol. The Morgan fingerprint density at radius 3 is 1.86 bits per heavy atom. The van der Waals surface area contributed by atoms with Crippen molar-refractivity contribution in [3.8, 4) is 0 Å². The summed E-state index contributed by atoms with van der Waals surface area (Å²) in [6.45, 7) is 6.08. The van der Waals surface area contributed by atoms with E-state index >= 15 is 0 Å². The van der Waals surface area contributed by atoms with Crippen LogP contribution in [0.3, 0.4) is 0 Å². The van der Waals surface area contributed by atoms with Gasteiger partial charge in [0.2, 0.25) is 0 Å². The van der Waals surface area contributed by atoms with Crippen molar-refractivity contribution in [3.63, 3.8) is 0 Å². The van der Waals surface area contributed by atoms with Gasteiger partial charge in [-0.05, 0) is 0 Å². The molecule has 40 valence electrons. The zero-order valence-corrected chi connectivity index (χ0v) is 6.57. The fourth-order valence-electron chi connectivity index (χ4n) is 0.137. The summed E-state index contributed by atoms with van der Waals surface area (Å²) in [6.07, 6.45) is 0. The van der Waals surface area contributed by atoms with Crippen LogP contribution in [0.2, 0.25) is 0 Å². The van der Waals surface area contributed by atoms with E-state index in [1.807, 2.05) is 20.8 Å². The van der Waals surface area contributed by atoms with Gasteiger partial charge in [0.05, 0.1) is 0 Å². The summed E-state index contributed by atoms with van der Waals surface area (Å²) < 4.78 is 2.61. The predicted molar refractivity (Wildman–Crippen MR) is 32.9 cm³/mol. The van der Waals surface area contributed by atoms with Gasteiger partial charge in [-0.3, -0.25) is 0 Å². The summed E-state index contributed by atoms with van der Waals surface area (Å²) in [5.74, 6) is 0. The van der Waals surface area contributed by atoms with Crippen molar-refractivity contribution >= 4 is 20.3 Å². The van der Waals surface area contributed by atoms with Crippen molar-refractivity contribution in [2.24, 2.45) is 4.99 Å². The van der Waals surface area contributed by atoms with E-state index in [1.54, 1.807) is 0 Å². The summed E-state index contributed by atoms with van der Waals surface area (Å²) >= 11 is 2.58. The fraction of sp³-hybridized carbons (Fsp3) is 0.800. The first kappa shape index (κ1) is 7.10. The Morgan fingerprint density at radius 2 is 1.86 bits per heavy atom. The number of hydrogen-bond acceptors (Lipinski definition) is 1. The van der Waals surface area contributed by atoms with E-state index < -0.39 is 0 Å². The van der Waals surface area contributed by atoms with E-state index in [4.69, 9.17) is 0 Å². The second-order valence-electron chi connectivity index (χ2n) is 2.37. The molecule has 1 nitrogen and oxygen atoms in total. The third-order valence-electron chi connectivity index (χ3n) is 0.381. The summed E-state index contributed by atoms with van der Waals surface area (Å²) in [6, 6.07) is 0. The maximum absolute atomic E-state index is 3.95. The Hall–Kier alpha value is 0.0995. The molecule has 0 radical (unpaired) electrons. The molecule has 0 heterocycles. The quantitative estimate of drug-likeness (QED) is 0.370. The van der Waals surface area contributed by atoms with Crippen LogP contribution >= 0.6 is 0 Å². The summed E-state index contributed by atoms with van der Waals surface area (Å²) in [7, 11) is 0. The first-order valence-corrected chi connectivity index (χ1v) is 3.01. The molecule has 0 aliphatic heterocycles. The van der Waals surface area contributed by atoms with Crippen LogP contribution in [0.4, 0.5) is 0 Å². The first-order valence-electron chi connectivity index (χ1n) is 2.15. The molecule has 2 heteroatoms. The zero-order valence-electron chi connectivity index (χ0n) is 4.86. The van der Waals surface area contributed by atoms with Gasteiger partial charge >= 0.3 is 51.6 Å². The average molecular weight is 162 g/mol. The maximum atomic E-state index is 3.95. The molecule has 0 spiro atoms. The first-order chi connectivity index (χ1) is 3.06. The van der Waals surface area contributed by atoms with E-state index in [2.05, 4.69) is 25.3 Å². The van der Waals surface area contributed by atoms with Crippen LogP contribution in [0.1, 0.15) is 20.8 Å². The Balaban J connectivity index is 3.80. The Bertz CT molecular complexity index is 95.1. The van der Waals surface area contributed by atoms with Crippen LogP contribution in [-0.4, -0.2) is 25.8 Å². The topological polar surface area (TPSA) is 12.4 Å². The van der Waals surface area contributed by atoms with E-state index in [9.17, 15) is 0 Å². The number of rotatable bonds is 0. The molecule has 0 bridgehead atoms. The molecule has 0 aromatic rings. The number of hydrogen-bond donors (Lipinski definition) is 0. The summed E-state index contributed by atoms with van der Waals surface area (Å²) in [4.78, 5) is 3.95. The number of aliphatic imine (C=N–C) groups is 1. The predicted octanol–water partition coefficient (Wildman–Crippen LogP) is 0.859. The minimum atomic E-state index is 0.0330. The van der Waals surface area contributed by atoms with Crippen LogP contribution < -0.4 is 0 Å². The zero-order chi connectivity index (χ0) is 5.91. The van der Waals surface area contributed by atoms with Crippen LogP contribution in [-0.2, 0) is 0 Å². The van der Waals surface area contributed by atoms with Gasteiger partial charge < -0.3 is 0 Å². The molecule has 0 aliphatic carbocycles. The van der Waals surface area contributed by atoms with E-state index in [0.717, 1.165) is 0 Å². The number of nitrogens with zero attached hydrogens (tertiary/aromatic N) is 1. The third kappa shape index (κ3) is 6.10. The molecule has 0 unspecified atom stereocenters. The van der Waals surface area contributed by atoms with Gasteiger partial charge in [-0.1, -0.05) is 0 Å². The van der Waals surface area contributed by atoms with E-state index in [1.165, 1.54) is 0 Å². The van der Waals surface area contributed by atoms with Crippen LogP contribution in [0.25, 0.3) is 0 Å². The van der Waals surface area contributed by atoms with Gasteiger partial charge in [0.15, 0.2) is 0 Å². The molecule has 0 aromatic carbocycles. The molecule has 0 saturated heterocycles. The van der Waals surface area contributed by atoms with Gasteiger partial charge in [0.25, 0.3) is 0 Å². The van der Waals surface area contributed by atoms with E-state index in [-0.39, 0.29) is 5.54 Å². The standard InChI is InChI=1S/C5H9NSe/c1-5(2,3)6-4-7/h1-3H3. The SMILES string of the molecule is CC(C)(C)N=C=[Se]. The van der Waals surface area contributed by atoms with Gasteiger partial charge in [-0.15, -0.1) is 0 Å². The minimum absolute atomic E-state index is 0.0330. The fourth-order valence-corrected chi connectivity index (χ4v) is 0.712. The van der Waals surface area contributed by atoms with Crippen LogP contribution in [0, 0.1) is 0 Å². The molecule has 0 aromatic heterocycles. The Labute approximate surface area is 52.2 Å². The van der Waals surface area contributed by atoms with Gasteiger partial charge in [-0.25, -0.2) is 0 Å². The van der Waals surface area contributed by atoms with Crippen molar-refractivity contribution in [2.45, 2.75) is 26.3 Å². The molecule has 0 N–H and O–H groups in total. The molecule has 0 saturated carbocycles. The van der Waals surface area contributed by atoms with Crippen molar-refractivity contribution < 1.29 is 0 Å². The summed E-state index contributed by atoms with van der Waals surface area (Å²) in [5.41, 5.74) is 0.0330. The van der Waals surface area contributed by atoms with E-state index in [0.29, 0.717) is 0 Å². The molecular formula is C5H9NSe. The Kier molecular flexibility index (Phi) is 2.45. The second kappa shape index (κ2) is 2.42. The molecule has 0 amide bonds. The average Bonchev–Trinajstić information content (AvgIpc) is 1.30. The van der Waals surface area contributed by atoms with Gasteiger partial charge in [0, 0.05) is 0 Å².